The lowest BCUT2D eigenvalue weighted by Crippen LogP contribution is -2.59. The van der Waals surface area contributed by atoms with Crippen molar-refractivity contribution < 1.29 is 44.9 Å². The smallest absolute Gasteiger partial charge is 0.371 e. The molecule has 1 aromatic rings. The molecule has 1 aromatic carbocycles. The molecular formula is C15H18O9. The molecule has 5 atom stereocenters. The van der Waals surface area contributed by atoms with E-state index in [2.05, 4.69) is 0 Å². The average Bonchev–Trinajstić information content (AvgIpc) is 2.56. The van der Waals surface area contributed by atoms with E-state index >= 15 is 0 Å². The lowest BCUT2D eigenvalue weighted by Gasteiger charge is -2.39. The van der Waals surface area contributed by atoms with E-state index in [1.165, 1.54) is 24.3 Å². The first kappa shape index (κ1) is 18.2. The molecule has 9 nitrogen and oxygen atoms in total. The number of aromatic hydroxyl groups is 1. The van der Waals surface area contributed by atoms with Gasteiger partial charge in [0, 0.05) is 0 Å². The molecule has 6 N–H and O–H groups in total. The Kier molecular flexibility index (Phi) is 5.75. The predicted molar refractivity (Wildman–Crippen MR) is 78.6 cm³/mol. The summed E-state index contributed by atoms with van der Waals surface area (Å²) < 4.78 is 10.2. The van der Waals surface area contributed by atoms with Crippen LogP contribution >= 0.6 is 0 Å². The van der Waals surface area contributed by atoms with Crippen LogP contribution in [0.25, 0.3) is 6.08 Å². The van der Waals surface area contributed by atoms with E-state index in [9.17, 15) is 30.3 Å². The number of aliphatic hydroxyl groups is 4. The molecule has 0 radical (unpaired) electrons. The summed E-state index contributed by atoms with van der Waals surface area (Å²) in [7, 11) is 0. The van der Waals surface area contributed by atoms with Crippen molar-refractivity contribution in [2.24, 2.45) is 0 Å². The van der Waals surface area contributed by atoms with Gasteiger partial charge in [-0.2, -0.15) is 0 Å². The molecule has 0 aromatic heterocycles. The molecule has 0 bridgehead atoms. The van der Waals surface area contributed by atoms with Crippen molar-refractivity contribution in [1.82, 2.24) is 0 Å². The molecule has 24 heavy (non-hydrogen) atoms. The van der Waals surface area contributed by atoms with Crippen LogP contribution < -0.4 is 0 Å². The number of carboxylic acids is 1. The van der Waals surface area contributed by atoms with Gasteiger partial charge in [0.15, 0.2) is 0 Å². The number of carbonyl (C=O) groups is 1. The van der Waals surface area contributed by atoms with Crippen molar-refractivity contribution in [2.75, 3.05) is 6.61 Å². The number of hydrogen-bond acceptors (Lipinski definition) is 8. The molecule has 9 heteroatoms. The van der Waals surface area contributed by atoms with E-state index in [4.69, 9.17) is 14.6 Å². The van der Waals surface area contributed by atoms with Gasteiger partial charge >= 0.3 is 5.97 Å². The van der Waals surface area contributed by atoms with Gasteiger partial charge in [0.05, 0.1) is 6.61 Å². The summed E-state index contributed by atoms with van der Waals surface area (Å²) in [6.07, 6.45) is -6.64. The highest BCUT2D eigenvalue weighted by molar-refractivity contribution is 5.89. The first-order chi connectivity index (χ1) is 11.3. The van der Waals surface area contributed by atoms with Crippen molar-refractivity contribution in [3.8, 4) is 5.75 Å². The Morgan fingerprint density at radius 3 is 2.29 bits per heavy atom. The molecule has 0 aliphatic carbocycles. The van der Waals surface area contributed by atoms with Gasteiger partial charge in [0.2, 0.25) is 12.0 Å². The fourth-order valence-electron chi connectivity index (χ4n) is 2.16. The minimum Gasteiger partial charge on any atom is -0.508 e. The molecule has 1 aliphatic rings. The molecule has 0 amide bonds. The van der Waals surface area contributed by atoms with Crippen molar-refractivity contribution in [2.45, 2.75) is 30.7 Å². The highest BCUT2D eigenvalue weighted by Gasteiger charge is 2.45. The first-order valence-corrected chi connectivity index (χ1v) is 7.04. The van der Waals surface area contributed by atoms with Crippen LogP contribution in [0.4, 0.5) is 0 Å². The second-order valence-electron chi connectivity index (χ2n) is 5.22. The number of aliphatic carboxylic acids is 1. The van der Waals surface area contributed by atoms with Gasteiger partial charge in [0.1, 0.15) is 30.2 Å². The maximum atomic E-state index is 11.3. The number of phenols is 1. The largest absolute Gasteiger partial charge is 0.508 e. The van der Waals surface area contributed by atoms with Crippen molar-refractivity contribution in [1.29, 1.82) is 0 Å². The Balaban J connectivity index is 2.20. The molecule has 1 fully saturated rings. The number of carboxylic acid groups (broad SMARTS) is 1. The Morgan fingerprint density at radius 2 is 1.75 bits per heavy atom. The van der Waals surface area contributed by atoms with Crippen LogP contribution in [0.1, 0.15) is 5.56 Å². The third-order valence-electron chi connectivity index (χ3n) is 3.49. The normalized spacial score (nSPS) is 30.8. The number of aliphatic hydroxyl groups excluding tert-OH is 4. The van der Waals surface area contributed by atoms with E-state index < -0.39 is 49.0 Å². The third kappa shape index (κ3) is 4.02. The van der Waals surface area contributed by atoms with Gasteiger partial charge in [-0.1, -0.05) is 12.1 Å². The second-order valence-corrected chi connectivity index (χ2v) is 5.22. The molecule has 2 rings (SSSR count). The Bertz CT molecular complexity index is 595. The molecular weight excluding hydrogens is 324 g/mol. The SMILES string of the molecule is O=C(O)/C(=C\c1ccc(O)cc1)O[C@@H]1O[C@H](CO)[C@H](O)[C@H](O)[C@H]1O. The predicted octanol–water partition coefficient (Wildman–Crippen LogP) is -1.37. The molecule has 132 valence electrons. The minimum atomic E-state index is -1.72. The molecule has 1 aliphatic heterocycles. The molecule has 0 spiro atoms. The van der Waals surface area contributed by atoms with Gasteiger partial charge < -0.3 is 40.1 Å². The highest BCUT2D eigenvalue weighted by Crippen LogP contribution is 2.24. The topological polar surface area (TPSA) is 157 Å². The fraction of sp³-hybridized carbons (Fsp3) is 0.400. The number of benzene rings is 1. The number of rotatable bonds is 5. The van der Waals surface area contributed by atoms with Crippen molar-refractivity contribution in [3.63, 3.8) is 0 Å². The summed E-state index contributed by atoms with van der Waals surface area (Å²) in [4.78, 5) is 11.3. The van der Waals surface area contributed by atoms with E-state index in [1.54, 1.807) is 0 Å². The van der Waals surface area contributed by atoms with Gasteiger partial charge in [0.25, 0.3) is 0 Å². The fourth-order valence-corrected chi connectivity index (χ4v) is 2.16. The van der Waals surface area contributed by atoms with Gasteiger partial charge in [-0.25, -0.2) is 4.79 Å². The maximum absolute atomic E-state index is 11.3. The van der Waals surface area contributed by atoms with Gasteiger partial charge in [-0.3, -0.25) is 0 Å². The van der Waals surface area contributed by atoms with Gasteiger partial charge in [-0.05, 0) is 23.8 Å². The summed E-state index contributed by atoms with van der Waals surface area (Å²) in [5.74, 6) is -2.05. The van der Waals surface area contributed by atoms with Crippen molar-refractivity contribution in [3.05, 3.63) is 35.6 Å². The standard InChI is InChI=1S/C15H18O9/c16-6-10-11(18)12(19)13(20)15(24-10)23-9(14(21)22)5-7-1-3-8(17)4-2-7/h1-5,10-13,15-20H,6H2,(H,21,22)/b9-5+/t10-,11+,12+,13-,15-/m1/s1. The van der Waals surface area contributed by atoms with Gasteiger partial charge in [-0.15, -0.1) is 0 Å². The molecule has 0 saturated carbocycles. The third-order valence-corrected chi connectivity index (χ3v) is 3.49. The Labute approximate surface area is 136 Å². The van der Waals surface area contributed by atoms with Crippen molar-refractivity contribution >= 4 is 12.0 Å². The molecule has 1 heterocycles. The van der Waals surface area contributed by atoms with E-state index in [1.807, 2.05) is 0 Å². The zero-order valence-corrected chi connectivity index (χ0v) is 12.4. The minimum absolute atomic E-state index is 0.00104. The molecule has 1 saturated heterocycles. The monoisotopic (exact) mass is 342 g/mol. The maximum Gasteiger partial charge on any atom is 0.371 e. The highest BCUT2D eigenvalue weighted by atomic mass is 16.7. The summed E-state index contributed by atoms with van der Waals surface area (Å²) in [6.45, 7) is -0.658. The Morgan fingerprint density at radius 1 is 1.12 bits per heavy atom. The van der Waals surface area contributed by atoms with Crippen LogP contribution in [0.5, 0.6) is 5.75 Å². The lowest BCUT2D eigenvalue weighted by molar-refractivity contribution is -0.291. The quantitative estimate of drug-likeness (QED) is 0.281. The summed E-state index contributed by atoms with van der Waals surface area (Å²) in [5.41, 5.74) is 0.398. The summed E-state index contributed by atoms with van der Waals surface area (Å²) >= 11 is 0. The van der Waals surface area contributed by atoms with Crippen LogP contribution in [0.3, 0.4) is 0 Å². The first-order valence-electron chi connectivity index (χ1n) is 7.04. The Hall–Kier alpha value is -2.17. The average molecular weight is 342 g/mol. The zero-order chi connectivity index (χ0) is 17.9. The molecule has 0 unspecified atom stereocenters. The summed E-state index contributed by atoms with van der Waals surface area (Å²) in [5, 5.41) is 56.7. The van der Waals surface area contributed by atoms with E-state index in [-0.39, 0.29) is 5.75 Å². The van der Waals surface area contributed by atoms with Crippen LogP contribution in [-0.4, -0.2) is 73.9 Å². The van der Waals surface area contributed by atoms with Crippen LogP contribution in [0.15, 0.2) is 30.0 Å². The number of ether oxygens (including phenoxy) is 2. The lowest BCUT2D eigenvalue weighted by atomic mass is 9.99. The van der Waals surface area contributed by atoms with E-state index in [0.717, 1.165) is 6.08 Å². The van der Waals surface area contributed by atoms with E-state index in [0.29, 0.717) is 5.56 Å². The van der Waals surface area contributed by atoms with Crippen LogP contribution in [0.2, 0.25) is 0 Å². The number of hydrogen-bond donors (Lipinski definition) is 6. The van der Waals surface area contributed by atoms with Crippen LogP contribution in [0, 0.1) is 0 Å². The zero-order valence-electron chi connectivity index (χ0n) is 12.4. The number of phenolic OH excluding ortho intramolecular Hbond substituents is 1. The van der Waals surface area contributed by atoms with Crippen LogP contribution in [-0.2, 0) is 14.3 Å². The summed E-state index contributed by atoms with van der Waals surface area (Å²) in [6, 6.07) is 5.57. The second kappa shape index (κ2) is 7.60.